The molecule has 0 aliphatic rings. The third kappa shape index (κ3) is 2.52. The van der Waals surface area contributed by atoms with Crippen molar-refractivity contribution < 1.29 is 8.42 Å². The summed E-state index contributed by atoms with van der Waals surface area (Å²) < 4.78 is 26.5. The van der Waals surface area contributed by atoms with Crippen LogP contribution in [0.1, 0.15) is 11.3 Å². The Bertz CT molecular complexity index is 649. The molecule has 0 aliphatic carbocycles. The fourth-order valence-corrected chi connectivity index (χ4v) is 2.70. The van der Waals surface area contributed by atoms with E-state index in [2.05, 4.69) is 14.9 Å². The highest BCUT2D eigenvalue weighted by atomic mass is 32.2. The molecule has 0 fully saturated rings. The highest BCUT2D eigenvalue weighted by Crippen LogP contribution is 2.14. The second-order valence-corrected chi connectivity index (χ2v) is 5.62. The Labute approximate surface area is 105 Å². The normalized spacial score (nSPS) is 11.6. The monoisotopic (exact) mass is 266 g/mol. The standard InChI is InChI=1S/C11H14N4O2S/c1-8-11(7-13-15-8)18(16,17)14-6-9-4-2-3-5-10(9)12/h2-5,7,14H,6,12H2,1H3,(H,13,15). The van der Waals surface area contributed by atoms with Crippen molar-refractivity contribution in [2.24, 2.45) is 0 Å². The number of H-pyrrole nitrogens is 1. The van der Waals surface area contributed by atoms with E-state index in [4.69, 9.17) is 5.73 Å². The summed E-state index contributed by atoms with van der Waals surface area (Å²) in [6, 6.07) is 7.11. The lowest BCUT2D eigenvalue weighted by atomic mass is 10.2. The number of aromatic amines is 1. The molecule has 0 radical (unpaired) electrons. The molecule has 2 rings (SSSR count). The molecule has 96 valence electrons. The summed E-state index contributed by atoms with van der Waals surface area (Å²) in [5.74, 6) is 0. The van der Waals surface area contributed by atoms with Crippen LogP contribution in [0.3, 0.4) is 0 Å². The average Bonchev–Trinajstić information content (AvgIpc) is 2.75. The molecule has 6 nitrogen and oxygen atoms in total. The second kappa shape index (κ2) is 4.79. The van der Waals surface area contributed by atoms with E-state index in [9.17, 15) is 8.42 Å². The van der Waals surface area contributed by atoms with Gasteiger partial charge in [-0.3, -0.25) is 5.10 Å². The van der Waals surface area contributed by atoms with Crippen LogP contribution in [-0.2, 0) is 16.6 Å². The maximum absolute atomic E-state index is 12.0. The van der Waals surface area contributed by atoms with Gasteiger partial charge in [-0.25, -0.2) is 13.1 Å². The van der Waals surface area contributed by atoms with Crippen molar-refractivity contribution in [2.45, 2.75) is 18.4 Å². The molecule has 0 amide bonds. The Morgan fingerprint density at radius 1 is 1.39 bits per heavy atom. The summed E-state index contributed by atoms with van der Waals surface area (Å²) in [6.45, 7) is 1.80. The minimum absolute atomic E-state index is 0.150. The lowest BCUT2D eigenvalue weighted by molar-refractivity contribution is 0.581. The van der Waals surface area contributed by atoms with Gasteiger partial charge in [0.2, 0.25) is 10.0 Å². The number of aromatic nitrogens is 2. The molecule has 2 aromatic rings. The first-order valence-electron chi connectivity index (χ1n) is 5.34. The molecule has 0 saturated carbocycles. The number of aryl methyl sites for hydroxylation is 1. The molecule has 0 atom stereocenters. The van der Waals surface area contributed by atoms with Gasteiger partial charge < -0.3 is 5.73 Å². The van der Waals surface area contributed by atoms with Gasteiger partial charge >= 0.3 is 0 Å². The maximum atomic E-state index is 12.0. The molecule has 1 heterocycles. The molecule has 0 bridgehead atoms. The topological polar surface area (TPSA) is 101 Å². The van der Waals surface area contributed by atoms with Gasteiger partial charge in [0.15, 0.2) is 0 Å². The van der Waals surface area contributed by atoms with Crippen LogP contribution in [0, 0.1) is 6.92 Å². The first kappa shape index (κ1) is 12.6. The molecule has 0 saturated heterocycles. The van der Waals surface area contributed by atoms with Gasteiger partial charge in [0, 0.05) is 12.2 Å². The first-order chi connectivity index (χ1) is 8.50. The highest BCUT2D eigenvalue weighted by molar-refractivity contribution is 7.89. The molecule has 0 aliphatic heterocycles. The van der Waals surface area contributed by atoms with E-state index >= 15 is 0 Å². The Morgan fingerprint density at radius 2 is 2.11 bits per heavy atom. The summed E-state index contributed by atoms with van der Waals surface area (Å²) in [5.41, 5.74) is 7.55. The van der Waals surface area contributed by atoms with Crippen LogP contribution in [0.5, 0.6) is 0 Å². The maximum Gasteiger partial charge on any atom is 0.244 e. The van der Waals surface area contributed by atoms with Crippen molar-refractivity contribution >= 4 is 15.7 Å². The van der Waals surface area contributed by atoms with Crippen LogP contribution >= 0.6 is 0 Å². The second-order valence-electron chi connectivity index (χ2n) is 3.88. The smallest absolute Gasteiger partial charge is 0.244 e. The van der Waals surface area contributed by atoms with Crippen LogP contribution in [-0.4, -0.2) is 18.6 Å². The third-order valence-electron chi connectivity index (χ3n) is 2.58. The number of hydrogen-bond donors (Lipinski definition) is 3. The molecule has 4 N–H and O–H groups in total. The van der Waals surface area contributed by atoms with Gasteiger partial charge in [-0.05, 0) is 18.6 Å². The van der Waals surface area contributed by atoms with Crippen LogP contribution in [0.4, 0.5) is 5.69 Å². The lowest BCUT2D eigenvalue weighted by Crippen LogP contribution is -2.24. The first-order valence-corrected chi connectivity index (χ1v) is 6.82. The number of benzene rings is 1. The fourth-order valence-electron chi connectivity index (χ4n) is 1.56. The largest absolute Gasteiger partial charge is 0.398 e. The molecular weight excluding hydrogens is 252 g/mol. The van der Waals surface area contributed by atoms with Gasteiger partial charge in [0.1, 0.15) is 4.90 Å². The van der Waals surface area contributed by atoms with E-state index in [0.29, 0.717) is 11.4 Å². The molecular formula is C11H14N4O2S. The zero-order valence-corrected chi connectivity index (χ0v) is 10.7. The quantitative estimate of drug-likeness (QED) is 0.712. The van der Waals surface area contributed by atoms with Crippen molar-refractivity contribution in [3.8, 4) is 0 Å². The summed E-state index contributed by atoms with van der Waals surface area (Å²) in [6.07, 6.45) is 1.28. The number of para-hydroxylation sites is 1. The Hall–Kier alpha value is -1.86. The van der Waals surface area contributed by atoms with E-state index in [-0.39, 0.29) is 11.4 Å². The predicted molar refractivity (Wildman–Crippen MR) is 68.2 cm³/mol. The highest BCUT2D eigenvalue weighted by Gasteiger charge is 2.18. The fraction of sp³-hybridized carbons (Fsp3) is 0.182. The summed E-state index contributed by atoms with van der Waals surface area (Å²) >= 11 is 0. The predicted octanol–water partition coefficient (Wildman–Crippen LogP) is 0.779. The van der Waals surface area contributed by atoms with E-state index in [0.717, 1.165) is 5.56 Å². The Balaban J connectivity index is 2.16. The lowest BCUT2D eigenvalue weighted by Gasteiger charge is -2.07. The van der Waals surface area contributed by atoms with Crippen molar-refractivity contribution in [3.63, 3.8) is 0 Å². The number of anilines is 1. The van der Waals surface area contributed by atoms with E-state index < -0.39 is 10.0 Å². The molecule has 0 unspecified atom stereocenters. The molecule has 7 heteroatoms. The third-order valence-corrected chi connectivity index (χ3v) is 4.10. The van der Waals surface area contributed by atoms with Crippen molar-refractivity contribution in [1.82, 2.24) is 14.9 Å². The number of nitrogen functional groups attached to an aromatic ring is 1. The van der Waals surface area contributed by atoms with E-state index in [1.165, 1.54) is 6.20 Å². The van der Waals surface area contributed by atoms with E-state index in [1.807, 2.05) is 6.07 Å². The molecule has 1 aromatic heterocycles. The van der Waals surface area contributed by atoms with Gasteiger partial charge in [0.25, 0.3) is 0 Å². The minimum atomic E-state index is -3.56. The zero-order chi connectivity index (χ0) is 13.2. The van der Waals surface area contributed by atoms with Crippen molar-refractivity contribution in [3.05, 3.63) is 41.7 Å². The van der Waals surface area contributed by atoms with Gasteiger partial charge in [-0.1, -0.05) is 18.2 Å². The molecule has 0 spiro atoms. The summed E-state index contributed by atoms with van der Waals surface area (Å²) in [7, 11) is -3.56. The SMILES string of the molecule is Cc1[nH]ncc1S(=O)(=O)NCc1ccccc1N. The summed E-state index contributed by atoms with van der Waals surface area (Å²) in [4.78, 5) is 0.150. The number of sulfonamides is 1. The number of rotatable bonds is 4. The number of nitrogens with one attached hydrogen (secondary N) is 2. The average molecular weight is 266 g/mol. The minimum Gasteiger partial charge on any atom is -0.398 e. The Kier molecular flexibility index (Phi) is 3.35. The van der Waals surface area contributed by atoms with Gasteiger partial charge in [-0.15, -0.1) is 0 Å². The molecule has 18 heavy (non-hydrogen) atoms. The number of nitrogens with two attached hydrogens (primary N) is 1. The van der Waals surface area contributed by atoms with Crippen LogP contribution in [0.2, 0.25) is 0 Å². The van der Waals surface area contributed by atoms with Crippen LogP contribution in [0.15, 0.2) is 35.4 Å². The van der Waals surface area contributed by atoms with Crippen LogP contribution < -0.4 is 10.5 Å². The van der Waals surface area contributed by atoms with Crippen molar-refractivity contribution in [2.75, 3.05) is 5.73 Å². The zero-order valence-electron chi connectivity index (χ0n) is 9.84. The summed E-state index contributed by atoms with van der Waals surface area (Å²) in [5, 5.41) is 6.28. The van der Waals surface area contributed by atoms with Crippen LogP contribution in [0.25, 0.3) is 0 Å². The molecule has 1 aromatic carbocycles. The number of nitrogens with zero attached hydrogens (tertiary/aromatic N) is 1. The van der Waals surface area contributed by atoms with E-state index in [1.54, 1.807) is 25.1 Å². The Morgan fingerprint density at radius 3 is 2.72 bits per heavy atom. The number of hydrogen-bond acceptors (Lipinski definition) is 4. The van der Waals surface area contributed by atoms with Gasteiger partial charge in [-0.2, -0.15) is 5.10 Å². The van der Waals surface area contributed by atoms with Crippen molar-refractivity contribution in [1.29, 1.82) is 0 Å². The van der Waals surface area contributed by atoms with Gasteiger partial charge in [0.05, 0.1) is 11.9 Å².